The summed E-state index contributed by atoms with van der Waals surface area (Å²) in [7, 11) is 1.49. The molecule has 8 nitrogen and oxygen atoms in total. The second-order valence-corrected chi connectivity index (χ2v) is 7.11. The van der Waals surface area contributed by atoms with Crippen molar-refractivity contribution >= 4 is 17.7 Å². The highest BCUT2D eigenvalue weighted by Crippen LogP contribution is 2.32. The Hall–Kier alpha value is -4.38. The minimum absolute atomic E-state index is 0.0350. The first kappa shape index (κ1) is 22.3. The average Bonchev–Trinajstić information content (AvgIpc) is 3.08. The maximum absolute atomic E-state index is 12.5. The quantitative estimate of drug-likeness (QED) is 0.261. The molecule has 0 spiro atoms. The number of hydrogen-bond donors (Lipinski definition) is 1. The van der Waals surface area contributed by atoms with E-state index in [0.717, 1.165) is 11.3 Å². The minimum Gasteiger partial charge on any atom is -0.495 e. The third kappa shape index (κ3) is 4.68. The Labute approximate surface area is 185 Å². The third-order valence-electron chi connectivity index (χ3n) is 5.05. The number of rotatable bonds is 7. The van der Waals surface area contributed by atoms with Gasteiger partial charge in [0.25, 0.3) is 11.6 Å². The van der Waals surface area contributed by atoms with Crippen LogP contribution in [0, 0.1) is 35.3 Å². The number of carbonyl (C=O) groups is 1. The SMILES string of the molecule is COc1ccc([N+](=O)[O-])cc1-n1c(C)cc(/C=C(/C#N)C(=O)NCc2ccccc2)c1C. The summed E-state index contributed by atoms with van der Waals surface area (Å²) in [6, 6.07) is 17.5. The van der Waals surface area contributed by atoms with Crippen molar-refractivity contribution in [1.29, 1.82) is 5.26 Å². The van der Waals surface area contributed by atoms with Crippen LogP contribution in [-0.4, -0.2) is 22.5 Å². The van der Waals surface area contributed by atoms with Gasteiger partial charge in [0, 0.05) is 30.1 Å². The van der Waals surface area contributed by atoms with Crippen LogP contribution in [-0.2, 0) is 11.3 Å². The van der Waals surface area contributed by atoms with Crippen LogP contribution in [0.5, 0.6) is 5.75 Å². The van der Waals surface area contributed by atoms with Gasteiger partial charge in [-0.05, 0) is 43.2 Å². The van der Waals surface area contributed by atoms with Crippen LogP contribution < -0.4 is 10.1 Å². The summed E-state index contributed by atoms with van der Waals surface area (Å²) < 4.78 is 7.19. The van der Waals surface area contributed by atoms with Crippen LogP contribution in [0.1, 0.15) is 22.5 Å². The van der Waals surface area contributed by atoms with Crippen molar-refractivity contribution in [3.05, 3.63) is 92.8 Å². The smallest absolute Gasteiger partial charge is 0.271 e. The standard InChI is InChI=1S/C24H22N4O4/c1-16-11-19(12-20(14-25)24(29)26-15-18-7-5-4-6-8-18)17(2)27(16)22-13-21(28(30)31)9-10-23(22)32-3/h4-13H,15H2,1-3H3,(H,26,29)/b20-12-. The molecule has 0 saturated carbocycles. The number of aromatic nitrogens is 1. The Kier molecular flexibility index (Phi) is 6.71. The van der Waals surface area contributed by atoms with Crippen molar-refractivity contribution in [1.82, 2.24) is 9.88 Å². The third-order valence-corrected chi connectivity index (χ3v) is 5.05. The van der Waals surface area contributed by atoms with E-state index in [1.807, 2.05) is 56.3 Å². The van der Waals surface area contributed by atoms with Crippen molar-refractivity contribution in [2.24, 2.45) is 0 Å². The van der Waals surface area contributed by atoms with E-state index in [4.69, 9.17) is 4.74 Å². The molecule has 1 N–H and O–H groups in total. The second kappa shape index (κ2) is 9.62. The van der Waals surface area contributed by atoms with Gasteiger partial charge in [-0.3, -0.25) is 14.9 Å². The molecule has 0 bridgehead atoms. The second-order valence-electron chi connectivity index (χ2n) is 7.11. The predicted molar refractivity (Wildman–Crippen MR) is 120 cm³/mol. The van der Waals surface area contributed by atoms with E-state index in [9.17, 15) is 20.2 Å². The van der Waals surface area contributed by atoms with E-state index in [0.29, 0.717) is 29.2 Å². The van der Waals surface area contributed by atoms with Gasteiger partial charge in [-0.15, -0.1) is 0 Å². The fourth-order valence-electron chi connectivity index (χ4n) is 3.45. The lowest BCUT2D eigenvalue weighted by atomic mass is 10.1. The van der Waals surface area contributed by atoms with Crippen LogP contribution in [0.4, 0.5) is 5.69 Å². The lowest BCUT2D eigenvalue weighted by Crippen LogP contribution is -2.23. The molecule has 1 aromatic heterocycles. The highest BCUT2D eigenvalue weighted by Gasteiger charge is 2.18. The van der Waals surface area contributed by atoms with Crippen LogP contribution in [0.3, 0.4) is 0 Å². The number of ether oxygens (including phenoxy) is 1. The number of nitro benzene ring substituents is 1. The van der Waals surface area contributed by atoms with Crippen molar-refractivity contribution in [3.8, 4) is 17.5 Å². The molecule has 3 aromatic rings. The molecular formula is C24H22N4O4. The number of nitro groups is 1. The molecule has 0 unspecified atom stereocenters. The average molecular weight is 430 g/mol. The number of nitriles is 1. The maximum atomic E-state index is 12.5. The first-order chi connectivity index (χ1) is 15.3. The molecule has 162 valence electrons. The molecule has 0 aliphatic rings. The zero-order valence-electron chi connectivity index (χ0n) is 18.0. The summed E-state index contributed by atoms with van der Waals surface area (Å²) in [6.07, 6.45) is 1.52. The Bertz CT molecular complexity index is 1240. The van der Waals surface area contributed by atoms with E-state index in [1.54, 1.807) is 10.6 Å². The monoisotopic (exact) mass is 430 g/mol. The Morgan fingerprint density at radius 3 is 2.56 bits per heavy atom. The van der Waals surface area contributed by atoms with Gasteiger partial charge >= 0.3 is 0 Å². The molecule has 0 atom stereocenters. The number of benzene rings is 2. The zero-order chi connectivity index (χ0) is 23.3. The van der Waals surface area contributed by atoms with E-state index < -0.39 is 10.8 Å². The number of non-ortho nitro benzene ring substituents is 1. The molecule has 0 fully saturated rings. The molecule has 1 amide bonds. The summed E-state index contributed by atoms with van der Waals surface area (Å²) in [6.45, 7) is 3.96. The van der Waals surface area contributed by atoms with Crippen LogP contribution >= 0.6 is 0 Å². The normalized spacial score (nSPS) is 11.0. The van der Waals surface area contributed by atoms with Crippen molar-refractivity contribution in [3.63, 3.8) is 0 Å². The van der Waals surface area contributed by atoms with Gasteiger partial charge in [0.2, 0.25) is 0 Å². The lowest BCUT2D eigenvalue weighted by Gasteiger charge is -2.14. The number of hydrogen-bond acceptors (Lipinski definition) is 5. The number of carbonyl (C=O) groups excluding carboxylic acids is 1. The molecule has 8 heteroatoms. The molecular weight excluding hydrogens is 408 g/mol. The fraction of sp³-hybridized carbons (Fsp3) is 0.167. The van der Waals surface area contributed by atoms with E-state index in [1.165, 1.54) is 25.3 Å². The Morgan fingerprint density at radius 1 is 1.22 bits per heavy atom. The molecule has 0 aliphatic heterocycles. The highest BCUT2D eigenvalue weighted by molar-refractivity contribution is 6.01. The van der Waals surface area contributed by atoms with Crippen LogP contribution in [0.15, 0.2) is 60.2 Å². The van der Waals surface area contributed by atoms with Gasteiger partial charge in [-0.1, -0.05) is 30.3 Å². The van der Waals surface area contributed by atoms with E-state index >= 15 is 0 Å². The molecule has 0 aliphatic carbocycles. The summed E-state index contributed by atoms with van der Waals surface area (Å²) >= 11 is 0. The Balaban J connectivity index is 1.95. The number of methoxy groups -OCH3 is 1. The molecule has 1 heterocycles. The summed E-state index contributed by atoms with van der Waals surface area (Å²) in [4.78, 5) is 23.3. The molecule has 0 radical (unpaired) electrons. The maximum Gasteiger partial charge on any atom is 0.271 e. The first-order valence-corrected chi connectivity index (χ1v) is 9.81. The van der Waals surface area contributed by atoms with Crippen molar-refractivity contribution < 1.29 is 14.5 Å². The van der Waals surface area contributed by atoms with Crippen molar-refractivity contribution in [2.45, 2.75) is 20.4 Å². The highest BCUT2D eigenvalue weighted by atomic mass is 16.6. The number of nitrogens with one attached hydrogen (secondary N) is 1. The van der Waals surface area contributed by atoms with Gasteiger partial charge in [-0.25, -0.2) is 0 Å². The predicted octanol–water partition coefficient (Wildman–Crippen LogP) is 4.23. The van der Waals surface area contributed by atoms with Crippen LogP contribution in [0.25, 0.3) is 11.8 Å². The number of nitrogens with zero attached hydrogens (tertiary/aromatic N) is 3. The molecule has 0 saturated heterocycles. The lowest BCUT2D eigenvalue weighted by molar-refractivity contribution is -0.384. The molecule has 32 heavy (non-hydrogen) atoms. The summed E-state index contributed by atoms with van der Waals surface area (Å²) in [5, 5.41) is 23.5. The first-order valence-electron chi connectivity index (χ1n) is 9.81. The fourth-order valence-corrected chi connectivity index (χ4v) is 3.45. The van der Waals surface area contributed by atoms with Gasteiger partial charge in [0.1, 0.15) is 17.4 Å². The van der Waals surface area contributed by atoms with Gasteiger partial charge in [-0.2, -0.15) is 5.26 Å². The number of aryl methyl sites for hydroxylation is 1. The van der Waals surface area contributed by atoms with Gasteiger partial charge in [0.15, 0.2) is 0 Å². The topological polar surface area (TPSA) is 110 Å². The Morgan fingerprint density at radius 2 is 1.94 bits per heavy atom. The van der Waals surface area contributed by atoms with E-state index in [2.05, 4.69) is 5.32 Å². The van der Waals surface area contributed by atoms with E-state index in [-0.39, 0.29) is 11.3 Å². The molecule has 2 aromatic carbocycles. The minimum atomic E-state index is -0.478. The number of amides is 1. The van der Waals surface area contributed by atoms with Crippen LogP contribution in [0.2, 0.25) is 0 Å². The largest absolute Gasteiger partial charge is 0.495 e. The zero-order valence-corrected chi connectivity index (χ0v) is 18.0. The molecule has 3 rings (SSSR count). The van der Waals surface area contributed by atoms with Crippen molar-refractivity contribution in [2.75, 3.05) is 7.11 Å². The summed E-state index contributed by atoms with van der Waals surface area (Å²) in [5.74, 6) is -0.0110. The van der Waals surface area contributed by atoms with Gasteiger partial charge < -0.3 is 14.6 Å². The summed E-state index contributed by atoms with van der Waals surface area (Å²) in [5.41, 5.74) is 3.47. The van der Waals surface area contributed by atoms with Gasteiger partial charge in [0.05, 0.1) is 17.7 Å².